The number of nitrogens with zero attached hydrogens (tertiary/aromatic N) is 7. The molecule has 0 bridgehead atoms. The zero-order valence-corrected chi connectivity index (χ0v) is 18.4. The number of halogens is 3. The number of alkyl halides is 3. The van der Waals surface area contributed by atoms with E-state index in [2.05, 4.69) is 30.7 Å². The van der Waals surface area contributed by atoms with Gasteiger partial charge in [-0.1, -0.05) is 0 Å². The Morgan fingerprint density at radius 3 is 2.67 bits per heavy atom. The highest BCUT2D eigenvalue weighted by molar-refractivity contribution is 5.89. The van der Waals surface area contributed by atoms with Crippen LogP contribution in [-0.4, -0.2) is 79.9 Å². The number of imidazole rings is 1. The largest absolute Gasteiger partial charge is 0.371 e. The molecule has 1 aliphatic rings. The molecule has 0 unspecified atom stereocenters. The van der Waals surface area contributed by atoms with E-state index < -0.39 is 25.2 Å². The minimum absolute atomic E-state index is 0.311. The summed E-state index contributed by atoms with van der Waals surface area (Å²) < 4.78 is 43.5. The summed E-state index contributed by atoms with van der Waals surface area (Å²) in [6, 6.07) is 5.01. The minimum Gasteiger partial charge on any atom is -0.371 e. The van der Waals surface area contributed by atoms with Gasteiger partial charge in [-0.05, 0) is 32.2 Å². The molecule has 4 aromatic rings. The maximum atomic E-state index is 14.2. The molecule has 4 aromatic heterocycles. The molecule has 1 saturated heterocycles. The van der Waals surface area contributed by atoms with E-state index in [1.54, 1.807) is 36.8 Å². The summed E-state index contributed by atoms with van der Waals surface area (Å²) >= 11 is 0. The number of fused-ring (bicyclic) bond motifs is 2. The quantitative estimate of drug-likeness (QED) is 0.458. The van der Waals surface area contributed by atoms with Gasteiger partial charge in [-0.2, -0.15) is 4.98 Å². The van der Waals surface area contributed by atoms with Crippen molar-refractivity contribution in [2.75, 3.05) is 37.8 Å². The minimum atomic E-state index is -2.51. The highest BCUT2D eigenvalue weighted by Gasteiger charge is 2.31. The summed E-state index contributed by atoms with van der Waals surface area (Å²) in [6.45, 7) is 2.14. The van der Waals surface area contributed by atoms with Gasteiger partial charge in [0.1, 0.15) is 23.0 Å². The molecule has 1 fully saturated rings. The molecule has 0 amide bonds. The molecule has 0 aliphatic carbocycles. The van der Waals surface area contributed by atoms with Crippen molar-refractivity contribution in [3.05, 3.63) is 30.2 Å². The van der Waals surface area contributed by atoms with E-state index in [-0.39, 0.29) is 0 Å². The standard InChI is InChI=1S/C21H24F3N9/c1-11-26-15-5-4-14(27-20(15)32(11)10-17(23)24)12-6-7-33-18(12)19(25-2)29-21(30-33)28-16-9-31(3)8-13(16)22/h4-7,13,16-17H,8-10H2,1-3H3,(H2,25,28,29,30)/t13-,16+/m0/s1. The number of pyridine rings is 1. The number of rotatable bonds is 6. The van der Waals surface area contributed by atoms with E-state index in [1.807, 2.05) is 18.0 Å². The Morgan fingerprint density at radius 2 is 1.97 bits per heavy atom. The van der Waals surface area contributed by atoms with E-state index in [4.69, 9.17) is 0 Å². The van der Waals surface area contributed by atoms with Gasteiger partial charge >= 0.3 is 0 Å². The zero-order chi connectivity index (χ0) is 23.3. The van der Waals surface area contributed by atoms with Crippen LogP contribution in [0.2, 0.25) is 0 Å². The lowest BCUT2D eigenvalue weighted by Gasteiger charge is -2.15. The molecule has 5 heterocycles. The number of hydrogen-bond acceptors (Lipinski definition) is 7. The Bertz CT molecular complexity index is 1320. The lowest BCUT2D eigenvalue weighted by atomic mass is 10.2. The molecular weight excluding hydrogens is 435 g/mol. The van der Waals surface area contributed by atoms with Crippen molar-refractivity contribution < 1.29 is 13.2 Å². The summed E-state index contributed by atoms with van der Waals surface area (Å²) in [5, 5.41) is 10.7. The van der Waals surface area contributed by atoms with Crippen molar-refractivity contribution in [1.82, 2.24) is 34.0 Å². The third-order valence-electron chi connectivity index (χ3n) is 5.87. The van der Waals surface area contributed by atoms with Crippen LogP contribution >= 0.6 is 0 Å². The average Bonchev–Trinajstić information content (AvgIpc) is 3.42. The predicted octanol–water partition coefficient (Wildman–Crippen LogP) is 2.82. The van der Waals surface area contributed by atoms with Crippen LogP contribution < -0.4 is 10.6 Å². The van der Waals surface area contributed by atoms with Crippen molar-refractivity contribution >= 4 is 28.4 Å². The van der Waals surface area contributed by atoms with Crippen molar-refractivity contribution in [2.45, 2.75) is 32.1 Å². The van der Waals surface area contributed by atoms with Gasteiger partial charge in [-0.15, -0.1) is 5.10 Å². The molecular formula is C21H24F3N9. The van der Waals surface area contributed by atoms with E-state index >= 15 is 0 Å². The lowest BCUT2D eigenvalue weighted by Crippen LogP contribution is -2.30. The van der Waals surface area contributed by atoms with E-state index in [1.165, 1.54) is 4.57 Å². The first-order valence-electron chi connectivity index (χ1n) is 10.6. The average molecular weight is 459 g/mol. The number of likely N-dealkylation sites (N-methyl/N-ethyl adjacent to an activating group) is 1. The van der Waals surface area contributed by atoms with Crippen LogP contribution in [0, 0.1) is 6.92 Å². The highest BCUT2D eigenvalue weighted by atomic mass is 19.3. The topological polar surface area (TPSA) is 88.2 Å². The molecule has 9 nitrogen and oxygen atoms in total. The summed E-state index contributed by atoms with van der Waals surface area (Å²) in [5.74, 6) is 1.33. The molecule has 33 heavy (non-hydrogen) atoms. The lowest BCUT2D eigenvalue weighted by molar-refractivity contribution is 0.127. The molecule has 0 saturated carbocycles. The van der Waals surface area contributed by atoms with Gasteiger partial charge in [0.15, 0.2) is 11.5 Å². The molecule has 174 valence electrons. The number of aromatic nitrogens is 6. The summed E-state index contributed by atoms with van der Waals surface area (Å²) in [7, 11) is 3.61. The van der Waals surface area contributed by atoms with Crippen LogP contribution in [0.5, 0.6) is 0 Å². The van der Waals surface area contributed by atoms with Gasteiger partial charge in [-0.3, -0.25) is 0 Å². The van der Waals surface area contributed by atoms with E-state index in [0.717, 1.165) is 5.56 Å². The molecule has 0 radical (unpaired) electrons. The van der Waals surface area contributed by atoms with Crippen LogP contribution in [0.15, 0.2) is 24.4 Å². The Kier molecular flexibility index (Phi) is 5.31. The molecule has 2 atom stereocenters. The second-order valence-electron chi connectivity index (χ2n) is 8.24. The van der Waals surface area contributed by atoms with Crippen molar-refractivity contribution in [3.8, 4) is 11.3 Å². The normalized spacial score (nSPS) is 19.2. The SMILES string of the molecule is CNc1nc(N[C@@H]2CN(C)C[C@@H]2F)nn2ccc(-c3ccc4nc(C)n(CC(F)F)c4n3)c12. The van der Waals surface area contributed by atoms with Crippen LogP contribution in [0.1, 0.15) is 5.82 Å². The van der Waals surface area contributed by atoms with Gasteiger partial charge in [0, 0.05) is 31.9 Å². The second-order valence-corrected chi connectivity index (χ2v) is 8.24. The Morgan fingerprint density at radius 1 is 1.15 bits per heavy atom. The Labute approximate surface area is 187 Å². The summed E-state index contributed by atoms with van der Waals surface area (Å²) in [4.78, 5) is 15.4. The van der Waals surface area contributed by atoms with E-state index in [0.29, 0.717) is 53.1 Å². The van der Waals surface area contributed by atoms with Crippen LogP contribution in [0.3, 0.4) is 0 Å². The van der Waals surface area contributed by atoms with Crippen LogP contribution in [0.25, 0.3) is 27.9 Å². The number of aryl methyl sites for hydroxylation is 1. The maximum absolute atomic E-state index is 14.2. The third kappa shape index (κ3) is 3.84. The summed E-state index contributed by atoms with van der Waals surface area (Å²) in [5.41, 5.74) is 2.95. The third-order valence-corrected chi connectivity index (χ3v) is 5.87. The van der Waals surface area contributed by atoms with E-state index in [9.17, 15) is 13.2 Å². The number of hydrogen-bond donors (Lipinski definition) is 2. The van der Waals surface area contributed by atoms with Crippen molar-refractivity contribution in [1.29, 1.82) is 0 Å². The molecule has 2 N–H and O–H groups in total. The van der Waals surface area contributed by atoms with Crippen LogP contribution in [0.4, 0.5) is 24.9 Å². The predicted molar refractivity (Wildman–Crippen MR) is 120 cm³/mol. The van der Waals surface area contributed by atoms with Gasteiger partial charge in [0.25, 0.3) is 6.43 Å². The Hall–Kier alpha value is -3.41. The second kappa shape index (κ2) is 8.18. The fraction of sp³-hybridized carbons (Fsp3) is 0.429. The first-order chi connectivity index (χ1) is 15.8. The number of likely N-dealkylation sites (tertiary alicyclic amines) is 1. The molecule has 0 aromatic carbocycles. The molecule has 0 spiro atoms. The monoisotopic (exact) mass is 459 g/mol. The summed E-state index contributed by atoms with van der Waals surface area (Å²) in [6.07, 6.45) is -1.76. The molecule has 1 aliphatic heterocycles. The van der Waals surface area contributed by atoms with Crippen LogP contribution in [-0.2, 0) is 6.54 Å². The smallest absolute Gasteiger partial charge is 0.256 e. The van der Waals surface area contributed by atoms with Gasteiger partial charge in [0.2, 0.25) is 5.95 Å². The van der Waals surface area contributed by atoms with Crippen molar-refractivity contribution in [3.63, 3.8) is 0 Å². The van der Waals surface area contributed by atoms with Gasteiger partial charge in [0.05, 0.1) is 18.3 Å². The number of nitrogens with one attached hydrogen (secondary N) is 2. The Balaban J connectivity index is 1.56. The first kappa shape index (κ1) is 21.4. The first-order valence-corrected chi connectivity index (χ1v) is 10.6. The van der Waals surface area contributed by atoms with Gasteiger partial charge < -0.3 is 20.1 Å². The fourth-order valence-electron chi connectivity index (χ4n) is 4.34. The molecule has 12 heteroatoms. The highest BCUT2D eigenvalue weighted by Crippen LogP contribution is 2.31. The zero-order valence-electron chi connectivity index (χ0n) is 18.4. The van der Waals surface area contributed by atoms with Crippen molar-refractivity contribution in [2.24, 2.45) is 0 Å². The van der Waals surface area contributed by atoms with Gasteiger partial charge in [-0.25, -0.2) is 27.7 Å². The molecule has 5 rings (SSSR count). The number of anilines is 2. The fourth-order valence-corrected chi connectivity index (χ4v) is 4.34. The maximum Gasteiger partial charge on any atom is 0.256 e.